The third-order valence-electron chi connectivity index (χ3n) is 17.9. The van der Waals surface area contributed by atoms with Gasteiger partial charge in [0.1, 0.15) is 11.2 Å². The lowest BCUT2D eigenvalue weighted by Crippen LogP contribution is -2.57. The number of hydrogen-bond donors (Lipinski definition) is 0. The van der Waals surface area contributed by atoms with Crippen molar-refractivity contribution in [3.8, 4) is 0 Å². The first-order chi connectivity index (χ1) is 29.5. The van der Waals surface area contributed by atoms with Crippen LogP contribution < -0.4 is 9.80 Å². The van der Waals surface area contributed by atoms with Gasteiger partial charge < -0.3 is 14.2 Å². The van der Waals surface area contributed by atoms with Crippen molar-refractivity contribution >= 4 is 56.1 Å². The fourth-order valence-electron chi connectivity index (χ4n) is 16.4. The molecule has 3 nitrogen and oxygen atoms in total. The van der Waals surface area contributed by atoms with Gasteiger partial charge in [-0.25, -0.2) is 0 Å². The summed E-state index contributed by atoms with van der Waals surface area (Å²) in [6, 6.07) is 51.7. The summed E-state index contributed by atoms with van der Waals surface area (Å²) < 4.78 is 6.69. The quantitative estimate of drug-likeness (QED) is 0.174. The number of furan rings is 1. The largest absolute Gasteiger partial charge is 0.456 e. The maximum absolute atomic E-state index is 6.69. The SMILES string of the molecule is C[C@H]1CC2C[C@H](C1)C[C@H](C)C21c2ccccc2N(c2ccc3oc4ccc(N5c6ccccc6C6(c7ccccc75)C5CC7CC(C5)CC6C7)cc4c3c2)c2ccccc21. The number of benzene rings is 6. The second kappa shape index (κ2) is 12.2. The van der Waals surface area contributed by atoms with Crippen LogP contribution in [0.2, 0.25) is 0 Å². The van der Waals surface area contributed by atoms with E-state index < -0.39 is 0 Å². The Labute approximate surface area is 354 Å². The molecule has 1 unspecified atom stereocenters. The minimum atomic E-state index is 0.0203. The van der Waals surface area contributed by atoms with Gasteiger partial charge in [0.05, 0.1) is 22.7 Å². The van der Waals surface area contributed by atoms with Crippen LogP contribution in [0.5, 0.6) is 0 Å². The van der Waals surface area contributed by atoms with Gasteiger partial charge in [-0.1, -0.05) is 86.6 Å². The summed E-state index contributed by atoms with van der Waals surface area (Å²) in [5.74, 6) is 6.16. The van der Waals surface area contributed by atoms with E-state index in [2.05, 4.69) is 157 Å². The predicted octanol–water partition coefficient (Wildman–Crippen LogP) is 15.3. The highest BCUT2D eigenvalue weighted by atomic mass is 16.3. The topological polar surface area (TPSA) is 19.6 Å². The van der Waals surface area contributed by atoms with Gasteiger partial charge >= 0.3 is 0 Å². The molecule has 1 aromatic heterocycles. The van der Waals surface area contributed by atoms with Gasteiger partial charge in [-0.15, -0.1) is 0 Å². The molecule has 6 saturated carbocycles. The molecular weight excluding hydrogens is 729 g/mol. The lowest BCUT2D eigenvalue weighted by molar-refractivity contribution is -0.0419. The number of fused-ring (bicyclic) bond motifs is 12. The van der Waals surface area contributed by atoms with E-state index in [0.29, 0.717) is 11.8 Å². The van der Waals surface area contributed by atoms with Crippen LogP contribution in [0, 0.1) is 47.3 Å². The van der Waals surface area contributed by atoms with Crippen molar-refractivity contribution in [3.63, 3.8) is 0 Å². The van der Waals surface area contributed by atoms with Gasteiger partial charge in [-0.05, 0) is 188 Å². The van der Waals surface area contributed by atoms with E-state index >= 15 is 0 Å². The third-order valence-corrected chi connectivity index (χ3v) is 17.9. The molecule has 2 aliphatic heterocycles. The molecule has 6 aliphatic carbocycles. The van der Waals surface area contributed by atoms with Gasteiger partial charge in [0.2, 0.25) is 0 Å². The highest BCUT2D eigenvalue weighted by Crippen LogP contribution is 2.70. The summed E-state index contributed by atoms with van der Waals surface area (Å²) >= 11 is 0. The predicted molar refractivity (Wildman–Crippen MR) is 245 cm³/mol. The van der Waals surface area contributed by atoms with E-state index in [0.717, 1.165) is 46.7 Å². The van der Waals surface area contributed by atoms with Crippen LogP contribution in [0.25, 0.3) is 21.9 Å². The maximum Gasteiger partial charge on any atom is 0.135 e. The molecule has 0 saturated heterocycles. The molecule has 15 rings (SSSR count). The van der Waals surface area contributed by atoms with E-state index in [1.54, 1.807) is 11.1 Å². The molecule has 298 valence electrons. The molecule has 2 spiro atoms. The van der Waals surface area contributed by atoms with Crippen LogP contribution in [0.1, 0.15) is 93.9 Å². The highest BCUT2D eigenvalue weighted by Gasteiger charge is 2.61. The fourth-order valence-corrected chi connectivity index (χ4v) is 16.4. The van der Waals surface area contributed by atoms with E-state index in [1.165, 1.54) is 114 Å². The second-order valence-corrected chi connectivity index (χ2v) is 20.8. The van der Waals surface area contributed by atoms with Gasteiger partial charge in [-0.2, -0.15) is 0 Å². The molecule has 3 heteroatoms. The zero-order valence-electron chi connectivity index (χ0n) is 35.0. The van der Waals surface area contributed by atoms with Crippen LogP contribution >= 0.6 is 0 Å². The van der Waals surface area contributed by atoms with Crippen molar-refractivity contribution in [1.82, 2.24) is 0 Å². The van der Waals surface area contributed by atoms with Crippen LogP contribution in [0.15, 0.2) is 138 Å². The van der Waals surface area contributed by atoms with Crippen molar-refractivity contribution in [3.05, 3.63) is 156 Å². The zero-order valence-corrected chi connectivity index (χ0v) is 35.0. The monoisotopic (exact) mass is 782 g/mol. The van der Waals surface area contributed by atoms with Gasteiger partial charge in [0, 0.05) is 33.0 Å². The van der Waals surface area contributed by atoms with E-state index in [1.807, 2.05) is 0 Å². The van der Waals surface area contributed by atoms with Gasteiger partial charge in [0.25, 0.3) is 0 Å². The zero-order chi connectivity index (χ0) is 39.5. The summed E-state index contributed by atoms with van der Waals surface area (Å²) in [6.45, 7) is 5.08. The van der Waals surface area contributed by atoms with Crippen molar-refractivity contribution in [2.75, 3.05) is 9.80 Å². The Morgan fingerprint density at radius 2 is 0.817 bits per heavy atom. The highest BCUT2D eigenvalue weighted by molar-refractivity contribution is 6.08. The number of nitrogens with zero attached hydrogens (tertiary/aromatic N) is 2. The first kappa shape index (κ1) is 34.4. The molecule has 60 heavy (non-hydrogen) atoms. The molecule has 8 aliphatic rings. The average molecular weight is 783 g/mol. The van der Waals surface area contributed by atoms with Crippen LogP contribution in [-0.2, 0) is 10.8 Å². The lowest BCUT2D eigenvalue weighted by Gasteiger charge is -2.64. The molecule has 7 aromatic rings. The third kappa shape index (κ3) is 4.32. The van der Waals surface area contributed by atoms with Crippen molar-refractivity contribution in [2.45, 2.75) is 82.5 Å². The van der Waals surface area contributed by atoms with E-state index in [9.17, 15) is 0 Å². The minimum absolute atomic E-state index is 0.0203. The smallest absolute Gasteiger partial charge is 0.135 e. The Balaban J connectivity index is 0.926. The normalized spacial score (nSPS) is 29.8. The van der Waals surface area contributed by atoms with Crippen molar-refractivity contribution in [1.29, 1.82) is 0 Å². The number of hydrogen-bond acceptors (Lipinski definition) is 3. The van der Waals surface area contributed by atoms with E-state index in [4.69, 9.17) is 4.42 Å². The molecule has 3 heterocycles. The van der Waals surface area contributed by atoms with Gasteiger partial charge in [-0.3, -0.25) is 0 Å². The van der Waals surface area contributed by atoms with Crippen LogP contribution in [-0.4, -0.2) is 0 Å². The molecule has 6 bridgehead atoms. The summed E-state index contributed by atoms with van der Waals surface area (Å²) in [4.78, 5) is 5.16. The Hall–Kier alpha value is -5.28. The number of para-hydroxylation sites is 4. The average Bonchev–Trinajstić information content (AvgIpc) is 3.63. The maximum atomic E-state index is 6.69. The molecule has 6 fully saturated rings. The Kier molecular flexibility index (Phi) is 6.99. The van der Waals surface area contributed by atoms with Crippen molar-refractivity contribution in [2.24, 2.45) is 47.3 Å². The van der Waals surface area contributed by atoms with Crippen LogP contribution in [0.4, 0.5) is 34.1 Å². The summed E-state index contributed by atoms with van der Waals surface area (Å²) in [5, 5.41) is 2.35. The Morgan fingerprint density at radius 3 is 1.28 bits per heavy atom. The standard InChI is InChI=1S/C57H54N2O/c1-34-23-36-25-35(2)56(39(24-34)27-36)46-11-3-7-15-50(46)58(51-16-8-4-12-47(51)56)42-19-21-54-44(32-42)45-33-43(20-22-55(45)60-54)59-52-17-9-5-13-48(52)57(49-14-6-10-18-53(49)59)40-28-37-26-38(30-40)31-41(57)29-37/h3-22,32-41H,23-31H2,1-2H3/t34-,35+,36-,37?,38?,39?,40?,41?/m1/s1. The van der Waals surface area contributed by atoms with Crippen molar-refractivity contribution < 1.29 is 4.42 Å². The first-order valence-corrected chi connectivity index (χ1v) is 23.4. The number of rotatable bonds is 2. The number of anilines is 6. The fraction of sp³-hybridized carbons (Fsp3) is 0.368. The summed E-state index contributed by atoms with van der Waals surface area (Å²) in [5.41, 5.74) is 16.0. The van der Waals surface area contributed by atoms with Crippen LogP contribution in [0.3, 0.4) is 0 Å². The summed E-state index contributed by atoms with van der Waals surface area (Å²) in [7, 11) is 0. The molecule has 4 atom stereocenters. The molecule has 0 radical (unpaired) electrons. The minimum Gasteiger partial charge on any atom is -0.456 e. The Bertz CT molecular complexity index is 2770. The molecule has 0 amide bonds. The second-order valence-electron chi connectivity index (χ2n) is 20.8. The van der Waals surface area contributed by atoms with E-state index in [-0.39, 0.29) is 10.8 Å². The Morgan fingerprint density at radius 1 is 0.417 bits per heavy atom. The molecule has 0 N–H and O–H groups in total. The van der Waals surface area contributed by atoms with Gasteiger partial charge in [0.15, 0.2) is 0 Å². The summed E-state index contributed by atoms with van der Waals surface area (Å²) in [6.07, 6.45) is 12.4. The first-order valence-electron chi connectivity index (χ1n) is 23.4. The lowest BCUT2D eigenvalue weighted by atomic mass is 9.41. The molecular formula is C57H54N2O. The molecule has 6 aromatic carbocycles.